The highest BCUT2D eigenvalue weighted by Gasteiger charge is 2.53. The van der Waals surface area contributed by atoms with Crippen LogP contribution in [0.4, 0.5) is 0 Å². The molecule has 1 N–H and O–H groups in total. The highest BCUT2D eigenvalue weighted by Crippen LogP contribution is 2.51. The molecule has 1 heterocycles. The fourth-order valence-corrected chi connectivity index (χ4v) is 6.90. The minimum Gasteiger partial charge on any atom is -0.427 e. The normalized spacial score (nSPS) is 27.6. The van der Waals surface area contributed by atoms with Gasteiger partial charge in [-0.15, -0.1) is 0 Å². The van der Waals surface area contributed by atoms with E-state index in [9.17, 15) is 14.7 Å². The Bertz CT molecular complexity index is 1130. The number of nitrogens with zero attached hydrogens (tertiary/aromatic N) is 2. The highest BCUT2D eigenvalue weighted by atomic mass is 16.5. The van der Waals surface area contributed by atoms with Crippen molar-refractivity contribution in [1.29, 1.82) is 0 Å². The minimum absolute atomic E-state index is 0.0323. The third kappa shape index (κ3) is 5.81. The number of aliphatic hydroxyl groups is 1. The van der Waals surface area contributed by atoms with Gasteiger partial charge in [0.25, 0.3) is 5.91 Å². The number of rotatable bonds is 8. The molecule has 0 bridgehead atoms. The Morgan fingerprint density at radius 1 is 1.13 bits per heavy atom. The summed E-state index contributed by atoms with van der Waals surface area (Å²) in [5.74, 6) is 1.40. The zero-order valence-electron chi connectivity index (χ0n) is 23.0. The van der Waals surface area contributed by atoms with Gasteiger partial charge in [0.1, 0.15) is 5.75 Å². The number of aliphatic hydroxyl groups excluding tert-OH is 1. The summed E-state index contributed by atoms with van der Waals surface area (Å²) >= 11 is 0. The molecule has 2 aromatic rings. The maximum absolute atomic E-state index is 13.8. The number of benzene rings is 2. The molecule has 6 heteroatoms. The number of fused-ring (bicyclic) bond motifs is 1. The Balaban J connectivity index is 1.51. The Morgan fingerprint density at radius 2 is 1.89 bits per heavy atom. The first kappa shape index (κ1) is 26.9. The van der Waals surface area contributed by atoms with E-state index in [0.717, 1.165) is 44.0 Å². The van der Waals surface area contributed by atoms with E-state index in [2.05, 4.69) is 24.8 Å². The summed E-state index contributed by atoms with van der Waals surface area (Å²) in [6.07, 6.45) is 4.39. The van der Waals surface area contributed by atoms with Gasteiger partial charge >= 0.3 is 5.97 Å². The van der Waals surface area contributed by atoms with Gasteiger partial charge in [0.15, 0.2) is 0 Å². The third-order valence-corrected chi connectivity index (χ3v) is 8.78. The number of hydrogen-bond donors (Lipinski definition) is 1. The van der Waals surface area contributed by atoms with E-state index in [0.29, 0.717) is 30.2 Å². The van der Waals surface area contributed by atoms with E-state index in [1.165, 1.54) is 19.8 Å². The third-order valence-electron chi connectivity index (χ3n) is 8.78. The maximum Gasteiger partial charge on any atom is 0.308 e. The number of esters is 1. The molecule has 204 valence electrons. The number of carbonyl (C=O) groups excluding carboxylic acids is 2. The standard InChI is InChI=1S/C32H42N2O4/c1-22(2)19-34(31(37)25-8-5-4-6-9-25)27-17-30(36)29-21-33(20-24-12-13-24)15-14-32(29,18-27)26-10-7-11-28(16-26)38-23(3)35/h4-11,16,22,24,27,29-30,36H,12-15,17-21H2,1-3H3/t27-,29?,30?,32?/m1/s1. The second-order valence-corrected chi connectivity index (χ2v) is 12.2. The van der Waals surface area contributed by atoms with Gasteiger partial charge in [0.05, 0.1) is 6.10 Å². The molecule has 1 amide bonds. The second kappa shape index (κ2) is 11.2. The molecule has 6 nitrogen and oxygen atoms in total. The van der Waals surface area contributed by atoms with Crippen molar-refractivity contribution in [3.8, 4) is 5.75 Å². The van der Waals surface area contributed by atoms with Crippen LogP contribution < -0.4 is 4.74 Å². The smallest absolute Gasteiger partial charge is 0.308 e. The van der Waals surface area contributed by atoms with Crippen molar-refractivity contribution in [1.82, 2.24) is 9.80 Å². The Hall–Kier alpha value is -2.70. The van der Waals surface area contributed by atoms with E-state index < -0.39 is 6.10 Å². The van der Waals surface area contributed by atoms with Gasteiger partial charge < -0.3 is 19.6 Å². The van der Waals surface area contributed by atoms with Crippen LogP contribution >= 0.6 is 0 Å². The monoisotopic (exact) mass is 518 g/mol. The molecule has 1 saturated heterocycles. The number of amides is 1. The number of hydrogen-bond acceptors (Lipinski definition) is 5. The van der Waals surface area contributed by atoms with Crippen LogP contribution in [0.25, 0.3) is 0 Å². The lowest BCUT2D eigenvalue weighted by Crippen LogP contribution is -2.61. The number of likely N-dealkylation sites (tertiary alicyclic amines) is 1. The van der Waals surface area contributed by atoms with Gasteiger partial charge in [-0.3, -0.25) is 9.59 Å². The fourth-order valence-electron chi connectivity index (χ4n) is 6.90. The van der Waals surface area contributed by atoms with Gasteiger partial charge in [-0.25, -0.2) is 0 Å². The highest BCUT2D eigenvalue weighted by molar-refractivity contribution is 5.94. The molecule has 2 aromatic carbocycles. The van der Waals surface area contributed by atoms with Crippen LogP contribution in [-0.4, -0.2) is 65.1 Å². The summed E-state index contributed by atoms with van der Waals surface area (Å²) in [4.78, 5) is 30.1. The van der Waals surface area contributed by atoms with Gasteiger partial charge in [-0.2, -0.15) is 0 Å². The van der Waals surface area contributed by atoms with Crippen LogP contribution in [0.15, 0.2) is 54.6 Å². The van der Waals surface area contributed by atoms with E-state index in [-0.39, 0.29) is 29.3 Å². The molecule has 0 aromatic heterocycles. The van der Waals surface area contributed by atoms with Gasteiger partial charge in [-0.05, 0) is 80.3 Å². The zero-order valence-corrected chi connectivity index (χ0v) is 23.0. The molecule has 2 saturated carbocycles. The summed E-state index contributed by atoms with van der Waals surface area (Å²) in [6.45, 7) is 9.29. The molecule has 0 radical (unpaired) electrons. The molecular weight excluding hydrogens is 476 g/mol. The minimum atomic E-state index is -0.522. The average molecular weight is 519 g/mol. The Morgan fingerprint density at radius 3 is 2.58 bits per heavy atom. The summed E-state index contributed by atoms with van der Waals surface area (Å²) < 4.78 is 5.48. The lowest BCUT2D eigenvalue weighted by Gasteiger charge is -2.56. The summed E-state index contributed by atoms with van der Waals surface area (Å²) in [6, 6.07) is 17.3. The first-order chi connectivity index (χ1) is 18.2. The van der Waals surface area contributed by atoms with Gasteiger partial charge in [0, 0.05) is 49.5 Å². The summed E-state index contributed by atoms with van der Waals surface area (Å²) in [5, 5.41) is 11.8. The number of carbonyl (C=O) groups is 2. The Labute approximate surface area is 227 Å². The molecule has 5 rings (SSSR count). The number of ether oxygens (including phenoxy) is 1. The molecule has 3 fully saturated rings. The van der Waals surface area contributed by atoms with Crippen LogP contribution in [0.2, 0.25) is 0 Å². The zero-order chi connectivity index (χ0) is 26.9. The molecular formula is C32H42N2O4. The Kier molecular flexibility index (Phi) is 7.92. The van der Waals surface area contributed by atoms with Crippen LogP contribution in [0.5, 0.6) is 5.75 Å². The fraction of sp³-hybridized carbons (Fsp3) is 0.562. The van der Waals surface area contributed by atoms with E-state index >= 15 is 0 Å². The SMILES string of the molecule is CC(=O)Oc1cccc(C23CCN(CC4CC4)CC2C(O)C[C@@H](N(CC(C)C)C(=O)c2ccccc2)C3)c1. The van der Waals surface area contributed by atoms with E-state index in [1.54, 1.807) is 0 Å². The van der Waals surface area contributed by atoms with Crippen molar-refractivity contribution in [2.24, 2.45) is 17.8 Å². The van der Waals surface area contributed by atoms with E-state index in [1.807, 2.05) is 53.4 Å². The van der Waals surface area contributed by atoms with Gasteiger partial charge in [-0.1, -0.05) is 44.2 Å². The maximum atomic E-state index is 13.8. The van der Waals surface area contributed by atoms with Crippen LogP contribution in [-0.2, 0) is 10.2 Å². The topological polar surface area (TPSA) is 70.1 Å². The molecule has 0 spiro atoms. The van der Waals surface area contributed by atoms with Crippen molar-refractivity contribution in [2.45, 2.75) is 70.4 Å². The van der Waals surface area contributed by atoms with Crippen LogP contribution in [0.3, 0.4) is 0 Å². The largest absolute Gasteiger partial charge is 0.427 e. The van der Waals surface area contributed by atoms with Crippen molar-refractivity contribution in [2.75, 3.05) is 26.2 Å². The summed E-state index contributed by atoms with van der Waals surface area (Å²) in [7, 11) is 0. The van der Waals surface area contributed by atoms with Gasteiger partial charge in [0.2, 0.25) is 0 Å². The molecule has 2 aliphatic carbocycles. The van der Waals surface area contributed by atoms with Crippen molar-refractivity contribution >= 4 is 11.9 Å². The molecule has 3 unspecified atom stereocenters. The first-order valence-corrected chi connectivity index (χ1v) is 14.3. The molecule has 38 heavy (non-hydrogen) atoms. The van der Waals surface area contributed by atoms with Crippen molar-refractivity contribution in [3.05, 3.63) is 65.7 Å². The lowest BCUT2D eigenvalue weighted by molar-refractivity contribution is -0.131. The molecule has 4 atom stereocenters. The predicted octanol–water partition coefficient (Wildman–Crippen LogP) is 4.90. The van der Waals surface area contributed by atoms with Crippen LogP contribution in [0.1, 0.15) is 68.8 Å². The van der Waals surface area contributed by atoms with Crippen LogP contribution in [0, 0.1) is 17.8 Å². The number of piperidine rings is 1. The van der Waals surface area contributed by atoms with E-state index in [4.69, 9.17) is 4.74 Å². The predicted molar refractivity (Wildman–Crippen MR) is 148 cm³/mol. The molecule has 3 aliphatic rings. The first-order valence-electron chi connectivity index (χ1n) is 14.3. The quantitative estimate of drug-likeness (QED) is 0.398. The molecule has 1 aliphatic heterocycles. The van der Waals surface area contributed by atoms with Crippen molar-refractivity contribution < 1.29 is 19.4 Å². The second-order valence-electron chi connectivity index (χ2n) is 12.2. The summed E-state index contributed by atoms with van der Waals surface area (Å²) in [5.41, 5.74) is 1.49. The van der Waals surface area contributed by atoms with Crippen molar-refractivity contribution in [3.63, 3.8) is 0 Å². The lowest BCUT2D eigenvalue weighted by atomic mass is 9.56. The average Bonchev–Trinajstić information content (AvgIpc) is 3.71.